The molecule has 0 aliphatic rings. The molecule has 42 valence electrons. The van der Waals surface area contributed by atoms with Crippen LogP contribution in [0.5, 0.6) is 0 Å². The van der Waals surface area contributed by atoms with E-state index in [4.69, 9.17) is 14.4 Å². The maximum atomic E-state index is 8.70. The van der Waals surface area contributed by atoms with Crippen LogP contribution in [-0.4, -0.2) is 9.79 Å². The van der Waals surface area contributed by atoms with Crippen molar-refractivity contribution in [3.63, 3.8) is 0 Å². The van der Waals surface area contributed by atoms with E-state index >= 15 is 0 Å². The minimum atomic E-state index is -2.87. The normalized spacial score (nSPS) is 4.33. The second-order valence-corrected chi connectivity index (χ2v) is 0.758. The summed E-state index contributed by atoms with van der Waals surface area (Å²) in [6.07, 6.45) is 0. The summed E-state index contributed by atoms with van der Waals surface area (Å²) in [6, 6.07) is 0. The first-order valence-electron chi connectivity index (χ1n) is 0.583. The second-order valence-electron chi connectivity index (χ2n) is 0.253. The van der Waals surface area contributed by atoms with Crippen molar-refractivity contribution in [3.05, 3.63) is 0 Å². The van der Waals surface area contributed by atoms with Crippen molar-refractivity contribution in [2.45, 2.75) is 0 Å². The molecule has 0 aromatic rings. The summed E-state index contributed by atoms with van der Waals surface area (Å²) in [4.78, 5) is 14.2. The van der Waals surface area contributed by atoms with Gasteiger partial charge in [0.15, 0.2) is 0 Å². The van der Waals surface area contributed by atoms with Gasteiger partial charge in [-0.05, 0) is 0 Å². The van der Waals surface area contributed by atoms with Crippen molar-refractivity contribution in [1.82, 2.24) is 0 Å². The Balaban J connectivity index is -0.0000000450. The number of rotatable bonds is 0. The molecule has 0 saturated carbocycles. The van der Waals surface area contributed by atoms with Crippen LogP contribution in [0.4, 0.5) is 0 Å². The number of hydrogen-bond donors (Lipinski definition) is 2. The summed E-state index contributed by atoms with van der Waals surface area (Å²) in [6.45, 7) is 0. The van der Waals surface area contributed by atoms with Gasteiger partial charge in [-0.25, -0.2) is 0 Å². The van der Waals surface area contributed by atoms with E-state index in [9.17, 15) is 0 Å². The molecule has 6 heavy (non-hydrogen) atoms. The van der Waals surface area contributed by atoms with E-state index in [1.54, 1.807) is 0 Å². The van der Waals surface area contributed by atoms with Gasteiger partial charge in [0.2, 0.25) is 0 Å². The van der Waals surface area contributed by atoms with E-state index in [0.717, 1.165) is 0 Å². The minimum Gasteiger partial charge on any atom is -0.134 e. The molecule has 6 heteroatoms. The Morgan fingerprint density at radius 1 is 1.17 bits per heavy atom. The van der Waals surface area contributed by atoms with E-state index in [0.29, 0.717) is 0 Å². The molecule has 0 aliphatic heterocycles. The molecule has 0 fully saturated rings. The fraction of sp³-hybridized carbons (Fsp3) is 0. The third-order valence-corrected chi connectivity index (χ3v) is 0. The third-order valence-electron chi connectivity index (χ3n) is 0. The average Bonchev–Trinajstić information content (AvgIpc) is 0.811. The van der Waals surface area contributed by atoms with Crippen molar-refractivity contribution in [3.8, 4) is 0 Å². The molecule has 0 aromatic heterocycles. The molecule has 0 bridgehead atoms. The standard InChI is InChI=1S/2Ir.HO3P/c;;1-4(2)3/h;;(H-,1,2,3)/p+1. The zero-order valence-corrected chi connectivity index (χ0v) is 8.10. The molecule has 0 aromatic carbocycles. The monoisotopic (exact) mass is 467 g/mol. The van der Waals surface area contributed by atoms with Crippen LogP contribution in [0.15, 0.2) is 0 Å². The van der Waals surface area contributed by atoms with E-state index in [1.165, 1.54) is 0 Å². The van der Waals surface area contributed by atoms with Crippen LogP contribution in [0.3, 0.4) is 0 Å². The van der Waals surface area contributed by atoms with Gasteiger partial charge in [-0.15, -0.1) is 9.79 Å². The van der Waals surface area contributed by atoms with Gasteiger partial charge < -0.3 is 0 Å². The van der Waals surface area contributed by atoms with Crippen LogP contribution in [0, 0.1) is 0 Å². The quantitative estimate of drug-likeness (QED) is 0.480. The summed E-state index contributed by atoms with van der Waals surface area (Å²) in [5, 5.41) is 0. The smallest absolute Gasteiger partial charge is 0.134 e. The summed E-state index contributed by atoms with van der Waals surface area (Å²) >= 11 is 0. The van der Waals surface area contributed by atoms with Crippen LogP contribution in [0.1, 0.15) is 0 Å². The van der Waals surface area contributed by atoms with Crippen LogP contribution < -0.4 is 0 Å². The summed E-state index contributed by atoms with van der Waals surface area (Å²) < 4.78 is 8.70. The first-order chi connectivity index (χ1) is 1.73. The SMILES string of the molecule is O=[P+](O)O.[Ir].[Ir]. The van der Waals surface area contributed by atoms with Gasteiger partial charge in [0.05, 0.1) is 0 Å². The van der Waals surface area contributed by atoms with Gasteiger partial charge in [-0.3, -0.25) is 0 Å². The van der Waals surface area contributed by atoms with E-state index in [1.807, 2.05) is 0 Å². The summed E-state index contributed by atoms with van der Waals surface area (Å²) in [5.41, 5.74) is 0. The second kappa shape index (κ2) is 9.58. The van der Waals surface area contributed by atoms with Crippen LogP contribution in [-0.2, 0) is 44.8 Å². The molecule has 0 amide bonds. The van der Waals surface area contributed by atoms with Gasteiger partial charge in [-0.2, -0.15) is 0 Å². The fourth-order valence-electron chi connectivity index (χ4n) is 0. The zero-order chi connectivity index (χ0) is 3.58. The Hall–Kier alpha value is 1.32. The van der Waals surface area contributed by atoms with Crippen molar-refractivity contribution >= 4 is 8.25 Å². The van der Waals surface area contributed by atoms with Crippen LogP contribution in [0.25, 0.3) is 0 Å². The third kappa shape index (κ3) is 57.0. The Bertz CT molecular complexity index is 31.8. The molecule has 0 atom stereocenters. The first kappa shape index (κ1) is 15.7. The molecule has 0 spiro atoms. The Morgan fingerprint density at radius 2 is 1.17 bits per heavy atom. The summed E-state index contributed by atoms with van der Waals surface area (Å²) in [5.74, 6) is 0. The van der Waals surface area contributed by atoms with Crippen molar-refractivity contribution < 1.29 is 54.6 Å². The van der Waals surface area contributed by atoms with Crippen molar-refractivity contribution in [1.29, 1.82) is 0 Å². The molecule has 2 radical (unpaired) electrons. The molecule has 0 saturated heterocycles. The van der Waals surface area contributed by atoms with Crippen LogP contribution in [0.2, 0.25) is 0 Å². The largest absolute Gasteiger partial charge is 0.692 e. The zero-order valence-electron chi connectivity index (χ0n) is 2.42. The van der Waals surface area contributed by atoms with Crippen molar-refractivity contribution in [2.75, 3.05) is 0 Å². The Morgan fingerprint density at radius 3 is 1.17 bits per heavy atom. The van der Waals surface area contributed by atoms with E-state index in [-0.39, 0.29) is 40.2 Å². The fourth-order valence-corrected chi connectivity index (χ4v) is 0. The predicted octanol–water partition coefficient (Wildman–Crippen LogP) is -0.377. The van der Waals surface area contributed by atoms with Crippen LogP contribution >= 0.6 is 8.25 Å². The predicted molar refractivity (Wildman–Crippen MR) is 12.0 cm³/mol. The minimum absolute atomic E-state index is 0. The molecular formula is H2Ir2O3P+. The van der Waals surface area contributed by atoms with E-state index < -0.39 is 8.25 Å². The first-order valence-corrected chi connectivity index (χ1v) is 1.75. The average molecular weight is 465 g/mol. The molecule has 3 nitrogen and oxygen atoms in total. The molecule has 2 N–H and O–H groups in total. The molecular weight excluding hydrogens is 463 g/mol. The van der Waals surface area contributed by atoms with Gasteiger partial charge in [0.25, 0.3) is 0 Å². The van der Waals surface area contributed by atoms with Gasteiger partial charge in [-0.1, -0.05) is 0 Å². The topological polar surface area (TPSA) is 57.5 Å². The summed E-state index contributed by atoms with van der Waals surface area (Å²) in [7, 11) is -2.87. The molecule has 0 heterocycles. The maximum absolute atomic E-state index is 8.70. The molecule has 0 aliphatic carbocycles. The maximum Gasteiger partial charge on any atom is 0.692 e. The van der Waals surface area contributed by atoms with E-state index in [2.05, 4.69) is 0 Å². The van der Waals surface area contributed by atoms with Gasteiger partial charge in [0.1, 0.15) is 0 Å². The van der Waals surface area contributed by atoms with Crippen molar-refractivity contribution in [2.24, 2.45) is 0 Å². The Labute approximate surface area is 62.8 Å². The van der Waals surface area contributed by atoms with Gasteiger partial charge in [0, 0.05) is 44.8 Å². The molecule has 0 rings (SSSR count). The van der Waals surface area contributed by atoms with Gasteiger partial charge >= 0.3 is 8.25 Å². The molecule has 0 unspecified atom stereocenters. The Kier molecular flexibility index (Phi) is 25.0. The number of hydrogen-bond acceptors (Lipinski definition) is 1.